The van der Waals surface area contributed by atoms with Crippen molar-refractivity contribution >= 4 is 21.8 Å². The smallest absolute Gasteiger partial charge is 0.325 e. The lowest BCUT2D eigenvalue weighted by molar-refractivity contribution is -0.139. The Hall–Kier alpha value is -1.70. The van der Waals surface area contributed by atoms with Crippen molar-refractivity contribution in [2.24, 2.45) is 0 Å². The molecule has 0 aliphatic rings. The van der Waals surface area contributed by atoms with Gasteiger partial charge >= 0.3 is 5.97 Å². The molecule has 0 spiro atoms. The van der Waals surface area contributed by atoms with Crippen molar-refractivity contribution in [1.29, 1.82) is 0 Å². The van der Waals surface area contributed by atoms with Crippen LogP contribution in [0.5, 0.6) is 0 Å². The zero-order valence-electron chi connectivity index (χ0n) is 9.18. The number of esters is 1. The Morgan fingerprint density at radius 1 is 1.53 bits per heavy atom. The van der Waals surface area contributed by atoms with Gasteiger partial charge in [-0.3, -0.25) is 9.52 Å². The second kappa shape index (κ2) is 5.09. The molecule has 0 aliphatic heterocycles. The van der Waals surface area contributed by atoms with Gasteiger partial charge in [-0.15, -0.1) is 0 Å². The minimum absolute atomic E-state index is 0.194. The van der Waals surface area contributed by atoms with Crippen molar-refractivity contribution in [1.82, 2.24) is 4.98 Å². The first kappa shape index (κ1) is 13.4. The van der Waals surface area contributed by atoms with Gasteiger partial charge in [0, 0.05) is 0 Å². The number of nitrogens with zero attached hydrogens (tertiary/aromatic N) is 1. The molecule has 0 saturated heterocycles. The first-order valence-corrected chi connectivity index (χ1v) is 6.13. The third kappa shape index (κ3) is 3.38. The van der Waals surface area contributed by atoms with E-state index >= 15 is 0 Å². The van der Waals surface area contributed by atoms with E-state index in [2.05, 4.69) is 9.72 Å². The van der Waals surface area contributed by atoms with E-state index in [1.54, 1.807) is 0 Å². The summed E-state index contributed by atoms with van der Waals surface area (Å²) in [6.07, 6.45) is 0. The SMILES string of the molecule is COC(=O)C(C)S(=O)(=O)Nc1cccc(F)n1. The zero-order chi connectivity index (χ0) is 13.1. The predicted octanol–water partition coefficient (Wildman–Crippen LogP) is 0.524. The summed E-state index contributed by atoms with van der Waals surface area (Å²) in [5, 5.41) is -1.41. The Bertz CT molecular complexity index is 517. The maximum absolute atomic E-state index is 12.7. The number of hydrogen-bond donors (Lipinski definition) is 1. The molecule has 8 heteroatoms. The molecular weight excluding hydrogens is 251 g/mol. The number of pyridine rings is 1. The molecule has 1 heterocycles. The number of anilines is 1. The van der Waals surface area contributed by atoms with Crippen LogP contribution in [0, 0.1) is 5.95 Å². The minimum atomic E-state index is -4.00. The molecule has 94 valence electrons. The average molecular weight is 262 g/mol. The first-order chi connectivity index (χ1) is 7.86. The number of rotatable bonds is 4. The van der Waals surface area contributed by atoms with Crippen LogP contribution in [0.25, 0.3) is 0 Å². The molecule has 0 amide bonds. The van der Waals surface area contributed by atoms with Crippen LogP contribution in [0.4, 0.5) is 10.2 Å². The topological polar surface area (TPSA) is 85.4 Å². The second-order valence-corrected chi connectivity index (χ2v) is 5.16. The highest BCUT2D eigenvalue weighted by Crippen LogP contribution is 2.10. The Morgan fingerprint density at radius 3 is 2.71 bits per heavy atom. The number of ether oxygens (including phenoxy) is 1. The summed E-state index contributed by atoms with van der Waals surface area (Å²) in [6, 6.07) is 3.63. The first-order valence-electron chi connectivity index (χ1n) is 4.59. The van der Waals surface area contributed by atoms with E-state index in [0.717, 1.165) is 20.1 Å². The zero-order valence-corrected chi connectivity index (χ0v) is 9.99. The van der Waals surface area contributed by atoms with Gasteiger partial charge < -0.3 is 4.74 Å². The highest BCUT2D eigenvalue weighted by Gasteiger charge is 2.29. The summed E-state index contributed by atoms with van der Waals surface area (Å²) < 4.78 is 42.3. The molecule has 0 radical (unpaired) electrons. The lowest BCUT2D eigenvalue weighted by atomic mass is 10.5. The molecule has 0 fully saturated rings. The molecule has 1 unspecified atom stereocenters. The second-order valence-electron chi connectivity index (χ2n) is 3.16. The van der Waals surface area contributed by atoms with E-state index in [1.165, 1.54) is 12.1 Å². The maximum atomic E-state index is 12.7. The molecule has 6 nitrogen and oxygen atoms in total. The van der Waals surface area contributed by atoms with Crippen LogP contribution < -0.4 is 4.72 Å². The molecule has 0 aromatic carbocycles. The fraction of sp³-hybridized carbons (Fsp3) is 0.333. The standard InChI is InChI=1S/C9H11FN2O4S/c1-6(9(13)16-2)17(14,15)12-8-5-3-4-7(10)11-8/h3-6H,1-2H3,(H,11,12). The van der Waals surface area contributed by atoms with Crippen LogP contribution in [-0.2, 0) is 19.6 Å². The Kier molecular flexibility index (Phi) is 4.00. The summed E-state index contributed by atoms with van der Waals surface area (Å²) in [7, 11) is -2.92. The number of sulfonamides is 1. The third-order valence-corrected chi connectivity index (χ3v) is 3.58. The number of methoxy groups -OCH3 is 1. The average Bonchev–Trinajstić information content (AvgIpc) is 2.26. The molecule has 1 aromatic rings. The lowest BCUT2D eigenvalue weighted by Crippen LogP contribution is -2.33. The number of hydrogen-bond acceptors (Lipinski definition) is 5. The van der Waals surface area contributed by atoms with Gasteiger partial charge in [0.2, 0.25) is 16.0 Å². The van der Waals surface area contributed by atoms with Gasteiger partial charge in [-0.2, -0.15) is 4.39 Å². The Balaban J connectivity index is 2.90. The number of carbonyl (C=O) groups is 1. The lowest BCUT2D eigenvalue weighted by Gasteiger charge is -2.11. The summed E-state index contributed by atoms with van der Waals surface area (Å²) >= 11 is 0. The van der Waals surface area contributed by atoms with E-state index in [9.17, 15) is 17.6 Å². The molecule has 1 atom stereocenters. The van der Waals surface area contributed by atoms with Crippen molar-refractivity contribution in [3.05, 3.63) is 24.1 Å². The molecule has 0 saturated carbocycles. The summed E-state index contributed by atoms with van der Waals surface area (Å²) in [5.74, 6) is -1.93. The largest absolute Gasteiger partial charge is 0.468 e. The maximum Gasteiger partial charge on any atom is 0.325 e. The molecule has 1 rings (SSSR count). The molecule has 1 aromatic heterocycles. The van der Waals surface area contributed by atoms with Crippen LogP contribution >= 0.6 is 0 Å². The Labute approximate surface area is 97.9 Å². The quantitative estimate of drug-likeness (QED) is 0.631. The van der Waals surface area contributed by atoms with E-state index in [4.69, 9.17) is 0 Å². The van der Waals surface area contributed by atoms with Gasteiger partial charge in [-0.05, 0) is 19.1 Å². The fourth-order valence-corrected chi connectivity index (χ4v) is 1.92. The number of halogens is 1. The van der Waals surface area contributed by atoms with Crippen molar-refractivity contribution in [3.8, 4) is 0 Å². The van der Waals surface area contributed by atoms with E-state index < -0.39 is 27.2 Å². The summed E-state index contributed by atoms with van der Waals surface area (Å²) in [6.45, 7) is 1.16. The highest BCUT2D eigenvalue weighted by molar-refractivity contribution is 7.94. The molecular formula is C9H11FN2O4S. The van der Waals surface area contributed by atoms with Gasteiger partial charge in [0.25, 0.3) is 0 Å². The van der Waals surface area contributed by atoms with Crippen molar-refractivity contribution in [2.45, 2.75) is 12.2 Å². The molecule has 0 bridgehead atoms. The summed E-state index contributed by atoms with van der Waals surface area (Å²) in [4.78, 5) is 14.4. The van der Waals surface area contributed by atoms with Crippen molar-refractivity contribution in [3.63, 3.8) is 0 Å². The van der Waals surface area contributed by atoms with E-state index in [0.29, 0.717) is 0 Å². The van der Waals surface area contributed by atoms with Crippen LogP contribution in [0.1, 0.15) is 6.92 Å². The van der Waals surface area contributed by atoms with E-state index in [1.807, 2.05) is 4.72 Å². The number of carbonyl (C=O) groups excluding carboxylic acids is 1. The third-order valence-electron chi connectivity index (χ3n) is 1.96. The van der Waals surface area contributed by atoms with Crippen LogP contribution in [0.2, 0.25) is 0 Å². The van der Waals surface area contributed by atoms with Crippen LogP contribution in [0.15, 0.2) is 18.2 Å². The van der Waals surface area contributed by atoms with E-state index in [-0.39, 0.29) is 5.82 Å². The van der Waals surface area contributed by atoms with Crippen molar-refractivity contribution < 1.29 is 22.3 Å². The number of aromatic nitrogens is 1. The fourth-order valence-electron chi connectivity index (χ4n) is 0.992. The highest BCUT2D eigenvalue weighted by atomic mass is 32.2. The molecule has 0 aliphatic carbocycles. The normalized spacial score (nSPS) is 12.9. The molecule has 17 heavy (non-hydrogen) atoms. The van der Waals surface area contributed by atoms with Crippen molar-refractivity contribution in [2.75, 3.05) is 11.8 Å². The van der Waals surface area contributed by atoms with Gasteiger partial charge in [0.05, 0.1) is 7.11 Å². The van der Waals surface area contributed by atoms with Crippen LogP contribution in [-0.4, -0.2) is 31.7 Å². The van der Waals surface area contributed by atoms with Crippen LogP contribution in [0.3, 0.4) is 0 Å². The van der Waals surface area contributed by atoms with Gasteiger partial charge in [-0.1, -0.05) is 6.07 Å². The van der Waals surface area contributed by atoms with Gasteiger partial charge in [0.1, 0.15) is 5.82 Å². The monoisotopic (exact) mass is 262 g/mol. The molecule has 1 N–H and O–H groups in total. The predicted molar refractivity (Wildman–Crippen MR) is 58.2 cm³/mol. The Morgan fingerprint density at radius 2 is 2.18 bits per heavy atom. The van der Waals surface area contributed by atoms with Gasteiger partial charge in [0.15, 0.2) is 5.25 Å². The summed E-state index contributed by atoms with van der Waals surface area (Å²) in [5.41, 5.74) is 0. The minimum Gasteiger partial charge on any atom is -0.468 e. The number of nitrogens with one attached hydrogen (secondary N) is 1. The van der Waals surface area contributed by atoms with Gasteiger partial charge in [-0.25, -0.2) is 13.4 Å².